The zero-order valence-electron chi connectivity index (χ0n) is 13.2. The van der Waals surface area contributed by atoms with Crippen molar-refractivity contribution in [3.8, 4) is 5.82 Å². The molecule has 0 atom stereocenters. The molecule has 0 radical (unpaired) electrons. The Labute approximate surface area is 148 Å². The highest BCUT2D eigenvalue weighted by atomic mass is 127. The number of guanidine groups is 1. The molecule has 0 amide bonds. The Morgan fingerprint density at radius 1 is 1.32 bits per heavy atom. The predicted molar refractivity (Wildman–Crippen MR) is 99.8 cm³/mol. The first kappa shape index (κ1) is 18.4. The van der Waals surface area contributed by atoms with Crippen LogP contribution in [0, 0.1) is 5.92 Å². The first-order valence-electron chi connectivity index (χ1n) is 7.08. The minimum Gasteiger partial charge on any atom is -0.356 e. The summed E-state index contributed by atoms with van der Waals surface area (Å²) in [5.41, 5.74) is 1.13. The quantitative estimate of drug-likeness (QED) is 0.447. The molecule has 22 heavy (non-hydrogen) atoms. The first-order chi connectivity index (χ1) is 10.2. The highest BCUT2D eigenvalue weighted by molar-refractivity contribution is 14.0. The van der Waals surface area contributed by atoms with E-state index in [-0.39, 0.29) is 24.0 Å². The average molecular weight is 414 g/mol. The lowest BCUT2D eigenvalue weighted by Crippen LogP contribution is -2.38. The van der Waals surface area contributed by atoms with Gasteiger partial charge in [-0.15, -0.1) is 24.0 Å². The number of aromatic nitrogens is 3. The van der Waals surface area contributed by atoms with Crippen molar-refractivity contribution >= 4 is 29.9 Å². The summed E-state index contributed by atoms with van der Waals surface area (Å²) in [6.07, 6.45) is 5.41. The molecular weight excluding hydrogens is 391 g/mol. The Morgan fingerprint density at radius 3 is 2.77 bits per heavy atom. The number of hydrogen-bond donors (Lipinski definition) is 2. The van der Waals surface area contributed by atoms with E-state index in [4.69, 9.17) is 0 Å². The molecule has 7 heteroatoms. The van der Waals surface area contributed by atoms with E-state index in [1.165, 1.54) is 0 Å². The van der Waals surface area contributed by atoms with Gasteiger partial charge in [-0.1, -0.05) is 13.8 Å². The molecule has 0 spiro atoms. The van der Waals surface area contributed by atoms with Crippen LogP contribution in [0.4, 0.5) is 0 Å². The molecule has 2 N–H and O–H groups in total. The molecule has 2 aromatic rings. The molecule has 2 aromatic heterocycles. The fraction of sp³-hybridized carbons (Fsp3) is 0.400. The van der Waals surface area contributed by atoms with Crippen molar-refractivity contribution in [3.05, 3.63) is 42.4 Å². The van der Waals surface area contributed by atoms with Crippen LogP contribution in [0.2, 0.25) is 0 Å². The smallest absolute Gasteiger partial charge is 0.191 e. The van der Waals surface area contributed by atoms with Gasteiger partial charge in [0.2, 0.25) is 0 Å². The summed E-state index contributed by atoms with van der Waals surface area (Å²) in [4.78, 5) is 8.52. The maximum absolute atomic E-state index is 4.32. The maximum Gasteiger partial charge on any atom is 0.191 e. The first-order valence-corrected chi connectivity index (χ1v) is 7.08. The van der Waals surface area contributed by atoms with Crippen LogP contribution in [0.25, 0.3) is 5.82 Å². The highest BCUT2D eigenvalue weighted by Gasteiger charge is 2.02. The molecule has 0 aliphatic carbocycles. The Kier molecular flexibility index (Phi) is 7.86. The lowest BCUT2D eigenvalue weighted by atomic mass is 10.2. The Bertz CT molecular complexity index is 579. The molecule has 6 nitrogen and oxygen atoms in total. The average Bonchev–Trinajstić information content (AvgIpc) is 3.02. The van der Waals surface area contributed by atoms with E-state index in [1.54, 1.807) is 24.1 Å². The van der Waals surface area contributed by atoms with E-state index in [1.807, 2.05) is 24.4 Å². The van der Waals surface area contributed by atoms with Crippen molar-refractivity contribution in [1.82, 2.24) is 25.4 Å². The summed E-state index contributed by atoms with van der Waals surface area (Å²) in [7, 11) is 1.78. The standard InChI is InChI=1S/C15H22N6.HI/c1-12(2)10-18-15(16-3)19-11-13-5-7-17-14(9-13)21-8-4-6-20-21;/h4-9,12H,10-11H2,1-3H3,(H2,16,18,19);1H. The van der Waals surface area contributed by atoms with Crippen LogP contribution in [-0.2, 0) is 6.54 Å². The molecule has 0 fully saturated rings. The molecule has 0 saturated carbocycles. The minimum atomic E-state index is 0. The van der Waals surface area contributed by atoms with E-state index < -0.39 is 0 Å². The summed E-state index contributed by atoms with van der Waals surface area (Å²) in [6.45, 7) is 5.92. The molecule has 0 bridgehead atoms. The van der Waals surface area contributed by atoms with Gasteiger partial charge in [0.15, 0.2) is 11.8 Å². The van der Waals surface area contributed by atoms with E-state index in [2.05, 4.69) is 39.6 Å². The SMILES string of the molecule is CN=C(NCc1ccnc(-n2cccn2)c1)NCC(C)C.I. The Morgan fingerprint density at radius 2 is 2.14 bits per heavy atom. The Balaban J connectivity index is 0.00000242. The van der Waals surface area contributed by atoms with E-state index in [9.17, 15) is 0 Å². The molecule has 0 aliphatic heterocycles. The monoisotopic (exact) mass is 414 g/mol. The van der Waals surface area contributed by atoms with Gasteiger partial charge < -0.3 is 10.6 Å². The number of pyridine rings is 1. The van der Waals surface area contributed by atoms with E-state index >= 15 is 0 Å². The van der Waals surface area contributed by atoms with Crippen molar-refractivity contribution < 1.29 is 0 Å². The van der Waals surface area contributed by atoms with Gasteiger partial charge in [0, 0.05) is 38.7 Å². The van der Waals surface area contributed by atoms with Crippen LogP contribution >= 0.6 is 24.0 Å². The lowest BCUT2D eigenvalue weighted by molar-refractivity contribution is 0.614. The zero-order valence-corrected chi connectivity index (χ0v) is 15.5. The third-order valence-electron chi connectivity index (χ3n) is 2.91. The van der Waals surface area contributed by atoms with Gasteiger partial charge in [-0.2, -0.15) is 5.10 Å². The molecule has 2 heterocycles. The summed E-state index contributed by atoms with van der Waals surface area (Å²) in [5, 5.41) is 10.8. The topological polar surface area (TPSA) is 67.1 Å². The van der Waals surface area contributed by atoms with Crippen LogP contribution in [0.1, 0.15) is 19.4 Å². The normalized spacial score (nSPS) is 11.2. The molecular formula is C15H23IN6. The fourth-order valence-electron chi connectivity index (χ4n) is 1.81. The Hall–Kier alpha value is -1.64. The number of hydrogen-bond acceptors (Lipinski definition) is 3. The maximum atomic E-state index is 4.32. The van der Waals surface area contributed by atoms with E-state index in [0.717, 1.165) is 23.9 Å². The molecule has 120 valence electrons. The van der Waals surface area contributed by atoms with Crippen molar-refractivity contribution in [3.63, 3.8) is 0 Å². The number of halogens is 1. The summed E-state index contributed by atoms with van der Waals surface area (Å²) in [5.74, 6) is 2.20. The van der Waals surface area contributed by atoms with Gasteiger partial charge >= 0.3 is 0 Å². The van der Waals surface area contributed by atoms with Crippen LogP contribution in [0.3, 0.4) is 0 Å². The highest BCUT2D eigenvalue weighted by Crippen LogP contribution is 2.05. The van der Waals surface area contributed by atoms with Crippen LogP contribution in [0.5, 0.6) is 0 Å². The lowest BCUT2D eigenvalue weighted by Gasteiger charge is -2.13. The second-order valence-electron chi connectivity index (χ2n) is 5.17. The third kappa shape index (κ3) is 5.63. The number of rotatable bonds is 5. The van der Waals surface area contributed by atoms with Gasteiger partial charge in [0.25, 0.3) is 0 Å². The van der Waals surface area contributed by atoms with Gasteiger partial charge in [-0.3, -0.25) is 4.99 Å². The van der Waals surface area contributed by atoms with Crippen LogP contribution in [-0.4, -0.2) is 34.3 Å². The third-order valence-corrected chi connectivity index (χ3v) is 2.91. The second-order valence-corrected chi connectivity index (χ2v) is 5.17. The fourth-order valence-corrected chi connectivity index (χ4v) is 1.81. The van der Waals surface area contributed by atoms with Gasteiger partial charge in [-0.05, 0) is 29.7 Å². The predicted octanol–water partition coefficient (Wildman–Crippen LogP) is 2.21. The minimum absolute atomic E-state index is 0. The van der Waals surface area contributed by atoms with Gasteiger partial charge in [0.05, 0.1) is 0 Å². The van der Waals surface area contributed by atoms with Crippen molar-refractivity contribution in [1.29, 1.82) is 0 Å². The summed E-state index contributed by atoms with van der Waals surface area (Å²) in [6, 6.07) is 5.87. The van der Waals surface area contributed by atoms with Gasteiger partial charge in [-0.25, -0.2) is 9.67 Å². The zero-order chi connectivity index (χ0) is 15.1. The van der Waals surface area contributed by atoms with Crippen LogP contribution < -0.4 is 10.6 Å². The van der Waals surface area contributed by atoms with E-state index in [0.29, 0.717) is 12.5 Å². The van der Waals surface area contributed by atoms with Crippen molar-refractivity contribution in [2.75, 3.05) is 13.6 Å². The number of nitrogens with one attached hydrogen (secondary N) is 2. The number of aliphatic imine (C=N–C) groups is 1. The summed E-state index contributed by atoms with van der Waals surface area (Å²) < 4.78 is 1.75. The van der Waals surface area contributed by atoms with Crippen LogP contribution in [0.15, 0.2) is 41.8 Å². The molecule has 0 aromatic carbocycles. The summed E-state index contributed by atoms with van der Waals surface area (Å²) >= 11 is 0. The number of nitrogens with zero attached hydrogens (tertiary/aromatic N) is 4. The molecule has 0 aliphatic rings. The molecule has 0 unspecified atom stereocenters. The largest absolute Gasteiger partial charge is 0.356 e. The van der Waals surface area contributed by atoms with Gasteiger partial charge in [0.1, 0.15) is 0 Å². The second kappa shape index (κ2) is 9.39. The van der Waals surface area contributed by atoms with Crippen molar-refractivity contribution in [2.45, 2.75) is 20.4 Å². The molecule has 2 rings (SSSR count). The molecule has 0 saturated heterocycles. The van der Waals surface area contributed by atoms with Crippen molar-refractivity contribution in [2.24, 2.45) is 10.9 Å².